The predicted octanol–water partition coefficient (Wildman–Crippen LogP) is 4.35. The predicted molar refractivity (Wildman–Crippen MR) is 121 cm³/mol. The normalized spacial score (nSPS) is 14.8. The number of likely N-dealkylation sites (tertiary alicyclic amines) is 1. The van der Waals surface area contributed by atoms with E-state index in [9.17, 15) is 4.79 Å². The number of carbonyl (C=O) groups excluding carboxylic acids is 1. The van der Waals surface area contributed by atoms with Crippen LogP contribution in [-0.4, -0.2) is 36.7 Å². The number of nitrogens with one attached hydrogen (secondary N) is 1. The summed E-state index contributed by atoms with van der Waals surface area (Å²) in [6.45, 7) is 2.93. The Morgan fingerprint density at radius 3 is 2.53 bits per heavy atom. The summed E-state index contributed by atoms with van der Waals surface area (Å²) in [5, 5.41) is 6.51. The Kier molecular flexibility index (Phi) is 6.72. The van der Waals surface area contributed by atoms with Crippen LogP contribution in [0.5, 0.6) is 5.75 Å². The number of amides is 1. The Labute approximate surface area is 177 Å². The van der Waals surface area contributed by atoms with Crippen molar-refractivity contribution in [3.63, 3.8) is 0 Å². The number of nitrogens with zero attached hydrogens (tertiary/aromatic N) is 2. The molecule has 0 atom stereocenters. The number of piperidine rings is 1. The molecule has 154 valence electrons. The molecule has 1 N–H and O–H groups in total. The van der Waals surface area contributed by atoms with Crippen molar-refractivity contribution in [2.24, 2.45) is 5.10 Å². The Bertz CT molecular complexity index is 1010. The molecule has 1 aliphatic heterocycles. The van der Waals surface area contributed by atoms with Crippen LogP contribution in [0.2, 0.25) is 0 Å². The highest BCUT2D eigenvalue weighted by molar-refractivity contribution is 5.83. The summed E-state index contributed by atoms with van der Waals surface area (Å²) < 4.78 is 5.90. The molecule has 3 aromatic carbocycles. The van der Waals surface area contributed by atoms with Crippen LogP contribution in [0.4, 0.5) is 0 Å². The van der Waals surface area contributed by atoms with Crippen molar-refractivity contribution in [2.45, 2.75) is 25.9 Å². The summed E-state index contributed by atoms with van der Waals surface area (Å²) >= 11 is 0. The van der Waals surface area contributed by atoms with Gasteiger partial charge in [0.25, 0.3) is 5.91 Å². The van der Waals surface area contributed by atoms with Crippen LogP contribution < -0.4 is 10.2 Å². The van der Waals surface area contributed by atoms with Gasteiger partial charge in [-0.3, -0.25) is 9.69 Å². The van der Waals surface area contributed by atoms with Crippen molar-refractivity contribution in [2.75, 3.05) is 19.6 Å². The quantitative estimate of drug-likeness (QED) is 0.473. The zero-order valence-corrected chi connectivity index (χ0v) is 17.1. The molecule has 1 saturated heterocycles. The minimum Gasteiger partial charge on any atom is -0.489 e. The van der Waals surface area contributed by atoms with Gasteiger partial charge >= 0.3 is 0 Å². The molecule has 3 aromatic rings. The van der Waals surface area contributed by atoms with Gasteiger partial charge in [0.1, 0.15) is 12.4 Å². The lowest BCUT2D eigenvalue weighted by Gasteiger charge is -2.25. The first-order valence-corrected chi connectivity index (χ1v) is 10.5. The summed E-state index contributed by atoms with van der Waals surface area (Å²) in [5.74, 6) is 0.734. The molecule has 0 spiro atoms. The summed E-state index contributed by atoms with van der Waals surface area (Å²) in [4.78, 5) is 14.1. The molecule has 1 fully saturated rings. The molecule has 0 aliphatic carbocycles. The number of ether oxygens (including phenoxy) is 1. The van der Waals surface area contributed by atoms with E-state index in [0.717, 1.165) is 30.0 Å². The second kappa shape index (κ2) is 10.0. The first kappa shape index (κ1) is 20.1. The molecule has 1 amide bonds. The van der Waals surface area contributed by atoms with Crippen molar-refractivity contribution < 1.29 is 9.53 Å². The standard InChI is InChI=1S/C25H27N3O2/c29-25(18-28-14-4-1-5-15-28)27-26-17-20-9-12-24(13-10-20)30-19-21-8-11-22-6-2-3-7-23(22)16-21/h2-3,6-13,16-17H,1,4-5,14-15,18-19H2,(H,27,29)/b26-17-. The minimum absolute atomic E-state index is 0.0662. The molecule has 0 unspecified atom stereocenters. The third-order valence-electron chi connectivity index (χ3n) is 5.32. The van der Waals surface area contributed by atoms with Gasteiger partial charge in [-0.15, -0.1) is 0 Å². The van der Waals surface area contributed by atoms with Crippen molar-refractivity contribution >= 4 is 22.9 Å². The lowest BCUT2D eigenvalue weighted by Crippen LogP contribution is -2.38. The lowest BCUT2D eigenvalue weighted by atomic mass is 10.1. The molecule has 4 rings (SSSR count). The smallest absolute Gasteiger partial charge is 0.254 e. The van der Waals surface area contributed by atoms with Crippen molar-refractivity contribution in [1.29, 1.82) is 0 Å². The van der Waals surface area contributed by atoms with E-state index in [1.54, 1.807) is 6.21 Å². The van der Waals surface area contributed by atoms with Crippen LogP contribution in [0.15, 0.2) is 71.8 Å². The van der Waals surface area contributed by atoms with E-state index < -0.39 is 0 Å². The van der Waals surface area contributed by atoms with E-state index >= 15 is 0 Å². The fourth-order valence-corrected chi connectivity index (χ4v) is 3.68. The summed E-state index contributed by atoms with van der Waals surface area (Å²) in [5.41, 5.74) is 4.66. The van der Waals surface area contributed by atoms with Crippen molar-refractivity contribution in [3.05, 3.63) is 77.9 Å². The highest BCUT2D eigenvalue weighted by atomic mass is 16.5. The molecular weight excluding hydrogens is 374 g/mol. The van der Waals surface area contributed by atoms with Gasteiger partial charge in [0.2, 0.25) is 0 Å². The van der Waals surface area contributed by atoms with Gasteiger partial charge in [-0.1, -0.05) is 42.8 Å². The van der Waals surface area contributed by atoms with Gasteiger partial charge in [-0.05, 0) is 78.2 Å². The molecule has 5 heteroatoms. The highest BCUT2D eigenvalue weighted by Gasteiger charge is 2.13. The summed E-state index contributed by atoms with van der Waals surface area (Å²) in [7, 11) is 0. The van der Waals surface area contributed by atoms with Crippen LogP contribution in [0.3, 0.4) is 0 Å². The van der Waals surface area contributed by atoms with Gasteiger partial charge in [-0.25, -0.2) is 5.43 Å². The van der Waals surface area contributed by atoms with Crippen LogP contribution in [-0.2, 0) is 11.4 Å². The Hall–Kier alpha value is -3.18. The van der Waals surface area contributed by atoms with E-state index in [4.69, 9.17) is 4.74 Å². The number of rotatable bonds is 7. The van der Waals surface area contributed by atoms with E-state index in [-0.39, 0.29) is 5.91 Å². The number of hydrazone groups is 1. The number of hydrogen-bond donors (Lipinski definition) is 1. The van der Waals surface area contributed by atoms with Crippen molar-refractivity contribution in [1.82, 2.24) is 10.3 Å². The van der Waals surface area contributed by atoms with Crippen molar-refractivity contribution in [3.8, 4) is 5.75 Å². The van der Waals surface area contributed by atoms with Crippen LogP contribution in [0, 0.1) is 0 Å². The first-order valence-electron chi connectivity index (χ1n) is 10.5. The van der Waals surface area contributed by atoms with E-state index in [1.165, 1.54) is 30.0 Å². The average molecular weight is 402 g/mol. The largest absolute Gasteiger partial charge is 0.489 e. The fraction of sp³-hybridized carbons (Fsp3) is 0.280. The summed E-state index contributed by atoms with van der Waals surface area (Å²) in [6, 6.07) is 22.4. The number of benzene rings is 3. The molecule has 5 nitrogen and oxygen atoms in total. The number of carbonyl (C=O) groups is 1. The SMILES string of the molecule is O=C(CN1CCCCC1)N/N=C\c1ccc(OCc2ccc3ccccc3c2)cc1. The Morgan fingerprint density at radius 2 is 1.73 bits per heavy atom. The monoisotopic (exact) mass is 401 g/mol. The van der Waals surface area contributed by atoms with Gasteiger partial charge in [-0.2, -0.15) is 5.10 Å². The fourth-order valence-electron chi connectivity index (χ4n) is 3.68. The van der Waals surface area contributed by atoms with Crippen LogP contribution in [0.1, 0.15) is 30.4 Å². The third-order valence-corrected chi connectivity index (χ3v) is 5.32. The van der Waals surface area contributed by atoms with Crippen LogP contribution in [0.25, 0.3) is 10.8 Å². The van der Waals surface area contributed by atoms with Gasteiger partial charge in [0, 0.05) is 0 Å². The number of fused-ring (bicyclic) bond motifs is 1. The topological polar surface area (TPSA) is 53.9 Å². The van der Waals surface area contributed by atoms with Crippen LogP contribution >= 0.6 is 0 Å². The second-order valence-corrected chi connectivity index (χ2v) is 7.67. The zero-order valence-electron chi connectivity index (χ0n) is 17.1. The highest BCUT2D eigenvalue weighted by Crippen LogP contribution is 2.18. The molecule has 0 radical (unpaired) electrons. The zero-order chi connectivity index (χ0) is 20.6. The molecular formula is C25H27N3O2. The molecule has 0 bridgehead atoms. The molecule has 0 aromatic heterocycles. The maximum absolute atomic E-state index is 12.0. The van der Waals surface area contributed by atoms with E-state index in [1.807, 2.05) is 36.4 Å². The van der Waals surface area contributed by atoms with Gasteiger partial charge in [0.05, 0.1) is 12.8 Å². The second-order valence-electron chi connectivity index (χ2n) is 7.67. The first-order chi connectivity index (χ1) is 14.8. The Morgan fingerprint density at radius 1 is 0.967 bits per heavy atom. The van der Waals surface area contributed by atoms with E-state index in [0.29, 0.717) is 13.2 Å². The average Bonchev–Trinajstić information content (AvgIpc) is 2.79. The number of hydrogen-bond acceptors (Lipinski definition) is 4. The molecule has 1 aliphatic rings. The Balaban J connectivity index is 1.25. The minimum atomic E-state index is -0.0662. The summed E-state index contributed by atoms with van der Waals surface area (Å²) in [6.07, 6.45) is 5.26. The maximum Gasteiger partial charge on any atom is 0.254 e. The molecule has 0 saturated carbocycles. The van der Waals surface area contributed by atoms with Gasteiger partial charge in [0.15, 0.2) is 0 Å². The maximum atomic E-state index is 12.0. The lowest BCUT2D eigenvalue weighted by molar-refractivity contribution is -0.122. The van der Waals surface area contributed by atoms with E-state index in [2.05, 4.69) is 45.8 Å². The molecule has 30 heavy (non-hydrogen) atoms. The third kappa shape index (κ3) is 5.67. The molecule has 1 heterocycles. The van der Waals surface area contributed by atoms with Gasteiger partial charge < -0.3 is 4.74 Å².